The molecule has 1 aromatic heterocycles. The second-order valence-corrected chi connectivity index (χ2v) is 8.51. The van der Waals surface area contributed by atoms with Gasteiger partial charge in [0, 0.05) is 22.3 Å². The van der Waals surface area contributed by atoms with Crippen LogP contribution in [0.25, 0.3) is 10.9 Å². The van der Waals surface area contributed by atoms with Crippen molar-refractivity contribution in [2.24, 2.45) is 5.14 Å². The highest BCUT2D eigenvalue weighted by Gasteiger charge is 2.24. The molecular weight excluding hydrogens is 404 g/mol. The molecular formula is C18H17ClN4O4S. The zero-order chi connectivity index (χ0) is 19.9. The summed E-state index contributed by atoms with van der Waals surface area (Å²) in [6, 6.07) is 10.0. The fourth-order valence-corrected chi connectivity index (χ4v) is 3.96. The maximum absolute atomic E-state index is 12.4. The monoisotopic (exact) mass is 420 g/mol. The Morgan fingerprint density at radius 2 is 2.07 bits per heavy atom. The van der Waals surface area contributed by atoms with Crippen molar-refractivity contribution in [3.05, 3.63) is 53.2 Å². The molecule has 1 saturated heterocycles. The molecule has 1 aliphatic heterocycles. The maximum Gasteiger partial charge on any atom is 0.238 e. The first-order chi connectivity index (χ1) is 13.3. The quantitative estimate of drug-likeness (QED) is 0.655. The van der Waals surface area contributed by atoms with Gasteiger partial charge in [-0.2, -0.15) is 5.10 Å². The Hall–Kier alpha value is -2.46. The van der Waals surface area contributed by atoms with E-state index < -0.39 is 10.0 Å². The average molecular weight is 421 g/mol. The molecule has 0 saturated carbocycles. The minimum absolute atomic E-state index is 0.0519. The third kappa shape index (κ3) is 3.74. The number of hydrogen-bond donors (Lipinski definition) is 2. The molecule has 2 aromatic carbocycles. The number of ether oxygens (including phenoxy) is 1. The van der Waals surface area contributed by atoms with Crippen LogP contribution in [0.5, 0.6) is 0 Å². The summed E-state index contributed by atoms with van der Waals surface area (Å²) in [4.78, 5) is 12.3. The van der Waals surface area contributed by atoms with E-state index in [1.165, 1.54) is 6.07 Å². The van der Waals surface area contributed by atoms with Gasteiger partial charge in [-0.1, -0.05) is 29.8 Å². The summed E-state index contributed by atoms with van der Waals surface area (Å²) >= 11 is 6.09. The maximum atomic E-state index is 12.4. The number of nitrogens with zero attached hydrogens (tertiary/aromatic N) is 2. The lowest BCUT2D eigenvalue weighted by Gasteiger charge is -2.25. The van der Waals surface area contributed by atoms with Crippen molar-refractivity contribution < 1.29 is 17.9 Å². The number of primary sulfonamides is 1. The summed E-state index contributed by atoms with van der Waals surface area (Å²) < 4.78 is 31.0. The summed E-state index contributed by atoms with van der Waals surface area (Å²) in [5, 5.41) is 13.4. The van der Waals surface area contributed by atoms with Crippen molar-refractivity contribution in [3.63, 3.8) is 0 Å². The second kappa shape index (κ2) is 7.17. The molecule has 0 unspecified atom stereocenters. The van der Waals surface area contributed by atoms with Crippen LogP contribution < -0.4 is 10.5 Å². The Labute approximate surface area is 166 Å². The van der Waals surface area contributed by atoms with Gasteiger partial charge in [0.1, 0.15) is 0 Å². The number of anilines is 1. The number of carbonyl (C=O) groups excluding carboxylic acids is 1. The summed E-state index contributed by atoms with van der Waals surface area (Å²) in [5.41, 5.74) is 1.39. The number of amides is 1. The van der Waals surface area contributed by atoms with Gasteiger partial charge in [-0.3, -0.25) is 9.48 Å². The molecule has 3 N–H and O–H groups in total. The van der Waals surface area contributed by atoms with Crippen molar-refractivity contribution in [3.8, 4) is 0 Å². The zero-order valence-electron chi connectivity index (χ0n) is 14.6. The molecule has 0 radical (unpaired) electrons. The third-order valence-electron chi connectivity index (χ3n) is 4.50. The van der Waals surface area contributed by atoms with E-state index in [-0.39, 0.29) is 23.3 Å². The number of fused-ring (bicyclic) bond motifs is 1. The molecule has 4 rings (SSSR count). The molecule has 1 aliphatic rings. The van der Waals surface area contributed by atoms with E-state index in [2.05, 4.69) is 10.4 Å². The van der Waals surface area contributed by atoms with Crippen LogP contribution in [0.1, 0.15) is 11.6 Å². The fraction of sp³-hybridized carbons (Fsp3) is 0.222. The summed E-state index contributed by atoms with van der Waals surface area (Å²) in [6.45, 7) is 1.03. The third-order valence-corrected chi connectivity index (χ3v) is 5.82. The van der Waals surface area contributed by atoms with Gasteiger partial charge in [0.25, 0.3) is 0 Å². The van der Waals surface area contributed by atoms with Crippen molar-refractivity contribution in [1.29, 1.82) is 0 Å². The van der Waals surface area contributed by atoms with E-state index >= 15 is 0 Å². The molecule has 1 amide bonds. The van der Waals surface area contributed by atoms with Gasteiger partial charge in [-0.25, -0.2) is 13.6 Å². The molecule has 28 heavy (non-hydrogen) atoms. The number of hydrogen-bond acceptors (Lipinski definition) is 5. The smallest absolute Gasteiger partial charge is 0.238 e. The summed E-state index contributed by atoms with van der Waals surface area (Å²) in [6.07, 6.45) is 1.69. The highest BCUT2D eigenvalue weighted by Crippen LogP contribution is 2.29. The lowest BCUT2D eigenvalue weighted by Crippen LogP contribution is -2.30. The van der Waals surface area contributed by atoms with Gasteiger partial charge in [-0.15, -0.1) is 0 Å². The zero-order valence-corrected chi connectivity index (χ0v) is 16.2. The van der Waals surface area contributed by atoms with Crippen LogP contribution in [-0.4, -0.2) is 37.3 Å². The molecule has 2 heterocycles. The molecule has 0 bridgehead atoms. The normalized spacial score (nSPS) is 14.8. The Balaban J connectivity index is 1.67. The molecule has 1 fully saturated rings. The topological polar surface area (TPSA) is 116 Å². The van der Waals surface area contributed by atoms with Gasteiger partial charge in [0.15, 0.2) is 0 Å². The Kier molecular flexibility index (Phi) is 4.84. The van der Waals surface area contributed by atoms with Crippen LogP contribution in [0.15, 0.2) is 47.5 Å². The van der Waals surface area contributed by atoms with Gasteiger partial charge < -0.3 is 10.1 Å². The fourth-order valence-electron chi connectivity index (χ4n) is 3.00. The predicted octanol–water partition coefficient (Wildman–Crippen LogP) is 2.09. The number of benzene rings is 2. The molecule has 3 aromatic rings. The van der Waals surface area contributed by atoms with Gasteiger partial charge >= 0.3 is 0 Å². The minimum atomic E-state index is -4.01. The predicted molar refractivity (Wildman–Crippen MR) is 105 cm³/mol. The summed E-state index contributed by atoms with van der Waals surface area (Å²) in [5.74, 6) is -0.334. The lowest BCUT2D eigenvalue weighted by atomic mass is 10.1. The van der Waals surface area contributed by atoms with Crippen LogP contribution in [0.3, 0.4) is 0 Å². The SMILES string of the molecule is NS(=O)(=O)c1cc(NC(=O)Cc2ccccc2Cl)cc2nn(C3COC3)cc12. The molecule has 8 nitrogen and oxygen atoms in total. The van der Waals surface area contributed by atoms with Crippen LogP contribution in [-0.2, 0) is 26.0 Å². The van der Waals surface area contributed by atoms with E-state index in [9.17, 15) is 13.2 Å². The van der Waals surface area contributed by atoms with Crippen LogP contribution in [0, 0.1) is 0 Å². The number of sulfonamides is 1. The molecule has 0 spiro atoms. The molecule has 146 valence electrons. The number of carbonyl (C=O) groups is 1. The van der Waals surface area contributed by atoms with Gasteiger partial charge in [0.2, 0.25) is 15.9 Å². The molecule has 10 heteroatoms. The van der Waals surface area contributed by atoms with E-state index in [1.54, 1.807) is 41.2 Å². The minimum Gasteiger partial charge on any atom is -0.377 e. The second-order valence-electron chi connectivity index (χ2n) is 6.57. The Bertz CT molecular complexity index is 1170. The highest BCUT2D eigenvalue weighted by atomic mass is 35.5. The van der Waals surface area contributed by atoms with Crippen LogP contribution >= 0.6 is 11.6 Å². The molecule has 0 atom stereocenters. The first kappa shape index (κ1) is 18.9. The van der Waals surface area contributed by atoms with Crippen molar-refractivity contribution in [2.75, 3.05) is 18.5 Å². The number of nitrogens with one attached hydrogen (secondary N) is 1. The number of nitrogens with two attached hydrogens (primary N) is 1. The first-order valence-electron chi connectivity index (χ1n) is 8.48. The highest BCUT2D eigenvalue weighted by molar-refractivity contribution is 7.89. The number of aromatic nitrogens is 2. The van der Waals surface area contributed by atoms with Crippen LogP contribution in [0.4, 0.5) is 5.69 Å². The standard InChI is InChI=1S/C18H17ClN4O4S/c19-15-4-2-1-3-11(15)5-18(24)21-12-6-16-14(17(7-12)28(20,25)26)8-23(22-16)13-9-27-10-13/h1-4,6-8,13H,5,9-10H2,(H,21,24)(H2,20,25,26). The van der Waals surface area contributed by atoms with Crippen molar-refractivity contribution in [1.82, 2.24) is 9.78 Å². The lowest BCUT2D eigenvalue weighted by molar-refractivity contribution is -0.115. The number of halogens is 1. The van der Waals surface area contributed by atoms with Crippen LogP contribution in [0.2, 0.25) is 5.02 Å². The van der Waals surface area contributed by atoms with E-state index in [1.807, 2.05) is 0 Å². The van der Waals surface area contributed by atoms with Crippen molar-refractivity contribution >= 4 is 44.1 Å². The molecule has 0 aliphatic carbocycles. The average Bonchev–Trinajstić information content (AvgIpc) is 2.96. The van der Waals surface area contributed by atoms with Crippen molar-refractivity contribution in [2.45, 2.75) is 17.4 Å². The van der Waals surface area contributed by atoms with E-state index in [4.69, 9.17) is 21.5 Å². The summed E-state index contributed by atoms with van der Waals surface area (Å²) in [7, 11) is -4.01. The number of rotatable bonds is 5. The van der Waals surface area contributed by atoms with Gasteiger partial charge in [0.05, 0.1) is 36.1 Å². The largest absolute Gasteiger partial charge is 0.377 e. The van der Waals surface area contributed by atoms with E-state index in [0.717, 1.165) is 0 Å². The van der Waals surface area contributed by atoms with E-state index in [0.29, 0.717) is 40.4 Å². The Morgan fingerprint density at radius 3 is 2.71 bits per heavy atom. The first-order valence-corrected chi connectivity index (χ1v) is 10.4. The van der Waals surface area contributed by atoms with Gasteiger partial charge in [-0.05, 0) is 23.8 Å². The Morgan fingerprint density at radius 1 is 1.32 bits per heavy atom.